The second-order valence-corrected chi connectivity index (χ2v) is 10.6. The summed E-state index contributed by atoms with van der Waals surface area (Å²) >= 11 is 0. The SMILES string of the molecule is CCCCCCC(O)CCCCCCCCCCCC(CCCCC)S(=O)(=O)O. The maximum atomic E-state index is 11.5. The Bertz CT molecular complexity index is 436. The zero-order chi connectivity index (χ0) is 21.8. The quantitative estimate of drug-likeness (QED) is 0.137. The molecule has 2 N–H and O–H groups in total. The van der Waals surface area contributed by atoms with E-state index in [1.54, 1.807) is 0 Å². The monoisotopic (exact) mass is 434 g/mol. The second-order valence-electron chi connectivity index (χ2n) is 8.90. The maximum Gasteiger partial charge on any atom is 0.267 e. The van der Waals surface area contributed by atoms with E-state index in [1.165, 1.54) is 57.8 Å². The van der Waals surface area contributed by atoms with Gasteiger partial charge in [0.05, 0.1) is 11.4 Å². The molecule has 0 heterocycles. The van der Waals surface area contributed by atoms with Crippen LogP contribution in [0.25, 0.3) is 0 Å². The van der Waals surface area contributed by atoms with Crippen LogP contribution in [-0.4, -0.2) is 29.4 Å². The van der Waals surface area contributed by atoms with Crippen LogP contribution in [-0.2, 0) is 10.1 Å². The first-order valence-electron chi connectivity index (χ1n) is 12.6. The van der Waals surface area contributed by atoms with Crippen molar-refractivity contribution >= 4 is 10.1 Å². The summed E-state index contributed by atoms with van der Waals surface area (Å²) in [5, 5.41) is 9.41. The number of hydrogen-bond acceptors (Lipinski definition) is 3. The van der Waals surface area contributed by atoms with Crippen molar-refractivity contribution in [1.29, 1.82) is 0 Å². The fourth-order valence-corrected chi connectivity index (χ4v) is 4.93. The van der Waals surface area contributed by atoms with Gasteiger partial charge < -0.3 is 5.11 Å². The molecule has 0 rings (SSSR count). The van der Waals surface area contributed by atoms with Gasteiger partial charge in [0.25, 0.3) is 10.1 Å². The average Bonchev–Trinajstić information content (AvgIpc) is 2.67. The summed E-state index contributed by atoms with van der Waals surface area (Å²) in [7, 11) is -3.89. The molecule has 0 aromatic heterocycles. The number of unbranched alkanes of at least 4 members (excludes halogenated alkanes) is 13. The van der Waals surface area contributed by atoms with Gasteiger partial charge >= 0.3 is 0 Å². The largest absolute Gasteiger partial charge is 0.393 e. The van der Waals surface area contributed by atoms with Crippen molar-refractivity contribution in [2.45, 2.75) is 154 Å². The first-order chi connectivity index (χ1) is 13.9. The van der Waals surface area contributed by atoms with Crippen molar-refractivity contribution in [3.8, 4) is 0 Å². The molecule has 0 radical (unpaired) electrons. The molecule has 29 heavy (non-hydrogen) atoms. The van der Waals surface area contributed by atoms with Gasteiger partial charge in [-0.05, 0) is 25.7 Å². The smallest absolute Gasteiger partial charge is 0.267 e. The predicted molar refractivity (Wildman–Crippen MR) is 125 cm³/mol. The van der Waals surface area contributed by atoms with Gasteiger partial charge in [0, 0.05) is 0 Å². The standard InChI is InChI=1S/C24H50O4S/c1-3-5-7-16-19-23(25)20-17-13-11-9-8-10-12-14-18-22-24(29(26,27)28)21-15-6-4-2/h23-25H,3-22H2,1-2H3,(H,26,27,28). The van der Waals surface area contributed by atoms with E-state index < -0.39 is 15.4 Å². The minimum atomic E-state index is -3.89. The Kier molecular flexibility index (Phi) is 19.7. The lowest BCUT2D eigenvalue weighted by Crippen LogP contribution is -2.20. The van der Waals surface area contributed by atoms with Crippen molar-refractivity contribution < 1.29 is 18.1 Å². The first-order valence-corrected chi connectivity index (χ1v) is 14.1. The molecular weight excluding hydrogens is 384 g/mol. The summed E-state index contributed by atoms with van der Waals surface area (Å²) in [4.78, 5) is 0. The van der Waals surface area contributed by atoms with Crippen LogP contribution in [0.2, 0.25) is 0 Å². The second kappa shape index (κ2) is 19.8. The van der Waals surface area contributed by atoms with Crippen LogP contribution >= 0.6 is 0 Å². The van der Waals surface area contributed by atoms with Crippen molar-refractivity contribution in [1.82, 2.24) is 0 Å². The highest BCUT2D eigenvalue weighted by atomic mass is 32.2. The summed E-state index contributed by atoms with van der Waals surface area (Å²) in [5.41, 5.74) is 0. The molecule has 5 heteroatoms. The van der Waals surface area contributed by atoms with Crippen LogP contribution < -0.4 is 0 Å². The molecular formula is C24H50O4S. The Balaban J connectivity index is 3.49. The predicted octanol–water partition coefficient (Wildman–Crippen LogP) is 7.45. The molecule has 0 saturated heterocycles. The molecule has 4 nitrogen and oxygen atoms in total. The van der Waals surface area contributed by atoms with Crippen LogP contribution in [0, 0.1) is 0 Å². The van der Waals surface area contributed by atoms with E-state index in [0.717, 1.165) is 57.8 Å². The Hall–Kier alpha value is -0.130. The molecule has 0 aromatic carbocycles. The molecule has 0 bridgehead atoms. The number of aliphatic hydroxyl groups is 1. The van der Waals surface area contributed by atoms with Crippen molar-refractivity contribution in [3.63, 3.8) is 0 Å². The van der Waals surface area contributed by atoms with Gasteiger partial charge in [0.2, 0.25) is 0 Å². The van der Waals surface area contributed by atoms with E-state index >= 15 is 0 Å². The summed E-state index contributed by atoms with van der Waals surface area (Å²) in [5.74, 6) is 0. The molecule has 0 aromatic rings. The first kappa shape index (κ1) is 28.9. The highest BCUT2D eigenvalue weighted by Crippen LogP contribution is 2.19. The van der Waals surface area contributed by atoms with E-state index in [1.807, 2.05) is 0 Å². The van der Waals surface area contributed by atoms with Crippen molar-refractivity contribution in [3.05, 3.63) is 0 Å². The van der Waals surface area contributed by atoms with Crippen LogP contribution in [0.5, 0.6) is 0 Å². The fourth-order valence-electron chi connectivity index (χ4n) is 4.00. The lowest BCUT2D eigenvalue weighted by molar-refractivity contribution is 0.147. The highest BCUT2D eigenvalue weighted by molar-refractivity contribution is 7.86. The molecule has 0 saturated carbocycles. The van der Waals surface area contributed by atoms with Crippen LogP contribution in [0.1, 0.15) is 142 Å². The normalized spacial score (nSPS) is 14.2. The van der Waals surface area contributed by atoms with Gasteiger partial charge in [-0.2, -0.15) is 8.42 Å². The highest BCUT2D eigenvalue weighted by Gasteiger charge is 2.21. The molecule has 0 amide bonds. The van der Waals surface area contributed by atoms with Gasteiger partial charge in [-0.15, -0.1) is 0 Å². The van der Waals surface area contributed by atoms with Crippen LogP contribution in [0.4, 0.5) is 0 Å². The molecule has 2 atom stereocenters. The van der Waals surface area contributed by atoms with Gasteiger partial charge in [0.15, 0.2) is 0 Å². The summed E-state index contributed by atoms with van der Waals surface area (Å²) in [6.45, 7) is 4.31. The zero-order valence-electron chi connectivity index (χ0n) is 19.4. The van der Waals surface area contributed by atoms with Gasteiger partial charge in [-0.25, -0.2) is 0 Å². The molecule has 0 aliphatic rings. The molecule has 0 aliphatic carbocycles. The van der Waals surface area contributed by atoms with E-state index in [0.29, 0.717) is 12.8 Å². The van der Waals surface area contributed by atoms with Crippen LogP contribution in [0.15, 0.2) is 0 Å². The van der Waals surface area contributed by atoms with E-state index in [4.69, 9.17) is 0 Å². The third kappa shape index (κ3) is 19.6. The van der Waals surface area contributed by atoms with E-state index in [2.05, 4.69) is 13.8 Å². The number of aliphatic hydroxyl groups excluding tert-OH is 1. The molecule has 176 valence electrons. The average molecular weight is 435 g/mol. The number of hydrogen-bond donors (Lipinski definition) is 2. The molecule has 0 aliphatic heterocycles. The summed E-state index contributed by atoms with van der Waals surface area (Å²) in [6, 6.07) is 0. The molecule has 2 unspecified atom stereocenters. The topological polar surface area (TPSA) is 74.6 Å². The third-order valence-corrected chi connectivity index (χ3v) is 7.32. The van der Waals surface area contributed by atoms with Gasteiger partial charge in [-0.1, -0.05) is 117 Å². The Morgan fingerprint density at radius 2 is 0.862 bits per heavy atom. The summed E-state index contributed by atoms with van der Waals surface area (Å²) in [6.07, 6.45) is 21.4. The molecule has 0 fully saturated rings. The maximum absolute atomic E-state index is 11.5. The van der Waals surface area contributed by atoms with Crippen molar-refractivity contribution in [2.75, 3.05) is 0 Å². The Labute approximate surface area is 182 Å². The van der Waals surface area contributed by atoms with Gasteiger partial charge in [0.1, 0.15) is 0 Å². The Morgan fingerprint density at radius 1 is 0.552 bits per heavy atom. The Morgan fingerprint density at radius 3 is 1.28 bits per heavy atom. The zero-order valence-corrected chi connectivity index (χ0v) is 20.2. The number of rotatable bonds is 22. The van der Waals surface area contributed by atoms with Crippen LogP contribution in [0.3, 0.4) is 0 Å². The fraction of sp³-hybridized carbons (Fsp3) is 1.00. The minimum Gasteiger partial charge on any atom is -0.393 e. The van der Waals surface area contributed by atoms with Crippen molar-refractivity contribution in [2.24, 2.45) is 0 Å². The van der Waals surface area contributed by atoms with E-state index in [-0.39, 0.29) is 6.10 Å². The van der Waals surface area contributed by atoms with Gasteiger partial charge in [-0.3, -0.25) is 4.55 Å². The lowest BCUT2D eigenvalue weighted by atomic mass is 10.0. The van der Waals surface area contributed by atoms with E-state index in [9.17, 15) is 18.1 Å². The summed E-state index contributed by atoms with van der Waals surface area (Å²) < 4.78 is 32.3. The minimum absolute atomic E-state index is 0.0969. The molecule has 0 spiro atoms. The lowest BCUT2D eigenvalue weighted by Gasteiger charge is -2.13. The third-order valence-electron chi connectivity index (χ3n) is 6.01.